The molecule has 2 rings (SSSR count). The van der Waals surface area contributed by atoms with Gasteiger partial charge in [-0.25, -0.2) is 4.79 Å². The lowest BCUT2D eigenvalue weighted by Crippen LogP contribution is -1.93. The zero-order valence-corrected chi connectivity index (χ0v) is 8.06. The predicted molar refractivity (Wildman–Crippen MR) is 54.8 cm³/mol. The van der Waals surface area contributed by atoms with E-state index >= 15 is 0 Å². The number of cyclic esters (lactones) is 1. The Morgan fingerprint density at radius 1 is 1.53 bits per heavy atom. The third kappa shape index (κ3) is 1.89. The molecule has 0 fully saturated rings. The van der Waals surface area contributed by atoms with Gasteiger partial charge in [0.05, 0.1) is 18.1 Å². The van der Waals surface area contributed by atoms with E-state index in [2.05, 4.69) is 0 Å². The van der Waals surface area contributed by atoms with Gasteiger partial charge in [0.25, 0.3) is 0 Å². The van der Waals surface area contributed by atoms with Crippen molar-refractivity contribution < 1.29 is 9.53 Å². The summed E-state index contributed by atoms with van der Waals surface area (Å²) in [6.45, 7) is 0.371. The van der Waals surface area contributed by atoms with Crippen LogP contribution in [0.15, 0.2) is 24.3 Å². The van der Waals surface area contributed by atoms with Gasteiger partial charge in [0.2, 0.25) is 0 Å². The average molecular weight is 199 g/mol. The number of nitrogens with zero attached hydrogens (tertiary/aromatic N) is 1. The minimum Gasteiger partial charge on any atom is -0.457 e. The Hall–Kier alpha value is -2.08. The Morgan fingerprint density at radius 3 is 3.20 bits per heavy atom. The van der Waals surface area contributed by atoms with Crippen LogP contribution in [-0.2, 0) is 11.3 Å². The molecule has 1 aromatic carbocycles. The molecule has 3 heteroatoms. The maximum absolute atomic E-state index is 11.2. The van der Waals surface area contributed by atoms with E-state index in [0.29, 0.717) is 18.6 Å². The number of benzene rings is 1. The van der Waals surface area contributed by atoms with Crippen molar-refractivity contribution in [3.05, 3.63) is 41.0 Å². The van der Waals surface area contributed by atoms with Crippen molar-refractivity contribution in [2.75, 3.05) is 0 Å². The topological polar surface area (TPSA) is 50.1 Å². The summed E-state index contributed by atoms with van der Waals surface area (Å²) in [5, 5.41) is 8.37. The number of allylic oxidation sites excluding steroid dienone is 1. The molecule has 0 radical (unpaired) electrons. The highest BCUT2D eigenvalue weighted by Crippen LogP contribution is 2.21. The molecule has 1 aromatic rings. The molecule has 0 amide bonds. The summed E-state index contributed by atoms with van der Waals surface area (Å²) in [6, 6.07) is 7.60. The first kappa shape index (κ1) is 9.47. The Bertz CT molecular complexity index is 469. The van der Waals surface area contributed by atoms with Crippen LogP contribution in [0, 0.1) is 11.3 Å². The molecule has 0 saturated heterocycles. The number of carbonyl (C=O) groups is 1. The highest BCUT2D eigenvalue weighted by Gasteiger charge is 2.20. The molecule has 0 atom stereocenters. The summed E-state index contributed by atoms with van der Waals surface area (Å²) in [7, 11) is 0. The maximum atomic E-state index is 11.2. The molecule has 0 N–H and O–H groups in total. The lowest BCUT2D eigenvalue weighted by Gasteiger charge is -1.96. The average Bonchev–Trinajstić information content (AvgIpc) is 2.61. The number of ether oxygens (including phenoxy) is 1. The summed E-state index contributed by atoms with van der Waals surface area (Å²) in [6.07, 6.45) is 3.97. The highest BCUT2D eigenvalue weighted by molar-refractivity contribution is 5.94. The van der Waals surface area contributed by atoms with Gasteiger partial charge < -0.3 is 4.74 Å². The minimum absolute atomic E-state index is 0.263. The van der Waals surface area contributed by atoms with Gasteiger partial charge in [0.1, 0.15) is 6.61 Å². The molecule has 1 aliphatic heterocycles. The Balaban J connectivity index is 2.26. The van der Waals surface area contributed by atoms with Gasteiger partial charge in [-0.15, -0.1) is 0 Å². The number of rotatable bonds is 2. The molecule has 0 aliphatic carbocycles. The monoisotopic (exact) mass is 199 g/mol. The van der Waals surface area contributed by atoms with Crippen molar-refractivity contribution in [3.63, 3.8) is 0 Å². The molecule has 1 heterocycles. The molecule has 15 heavy (non-hydrogen) atoms. The van der Waals surface area contributed by atoms with Crippen molar-refractivity contribution in [1.29, 1.82) is 5.26 Å². The zero-order chi connectivity index (χ0) is 10.7. The van der Waals surface area contributed by atoms with Gasteiger partial charge in [-0.05, 0) is 11.6 Å². The van der Waals surface area contributed by atoms with E-state index in [-0.39, 0.29) is 5.97 Å². The Labute approximate surface area is 87.6 Å². The molecular formula is C12H9NO2. The van der Waals surface area contributed by atoms with Gasteiger partial charge in [0.15, 0.2) is 0 Å². The molecule has 0 bridgehead atoms. The first-order valence-electron chi connectivity index (χ1n) is 4.65. The van der Waals surface area contributed by atoms with Crippen molar-refractivity contribution in [1.82, 2.24) is 0 Å². The van der Waals surface area contributed by atoms with Gasteiger partial charge in [0, 0.05) is 5.56 Å². The van der Waals surface area contributed by atoms with Crippen LogP contribution in [0.1, 0.15) is 27.9 Å². The van der Waals surface area contributed by atoms with Gasteiger partial charge in [-0.1, -0.05) is 24.3 Å². The van der Waals surface area contributed by atoms with Crippen LogP contribution in [-0.4, -0.2) is 5.97 Å². The van der Waals surface area contributed by atoms with E-state index in [1.165, 1.54) is 0 Å². The van der Waals surface area contributed by atoms with E-state index in [4.69, 9.17) is 10.00 Å². The van der Waals surface area contributed by atoms with Crippen molar-refractivity contribution in [3.8, 4) is 6.07 Å². The smallest absolute Gasteiger partial charge is 0.338 e. The first-order valence-corrected chi connectivity index (χ1v) is 4.65. The van der Waals surface area contributed by atoms with Crippen LogP contribution in [0.3, 0.4) is 0 Å². The van der Waals surface area contributed by atoms with Crippen LogP contribution in [0.2, 0.25) is 0 Å². The highest BCUT2D eigenvalue weighted by atomic mass is 16.5. The normalized spacial score (nSPS) is 13.7. The molecule has 1 aliphatic rings. The lowest BCUT2D eigenvalue weighted by atomic mass is 10.1. The zero-order valence-electron chi connectivity index (χ0n) is 8.06. The number of hydrogen-bond donors (Lipinski definition) is 0. The van der Waals surface area contributed by atoms with E-state index in [1.54, 1.807) is 12.1 Å². The lowest BCUT2D eigenvalue weighted by molar-refractivity contribution is 0.0535. The number of nitriles is 1. The number of hydrogen-bond acceptors (Lipinski definition) is 3. The van der Waals surface area contributed by atoms with Crippen molar-refractivity contribution in [2.45, 2.75) is 13.0 Å². The van der Waals surface area contributed by atoms with Crippen LogP contribution in [0.5, 0.6) is 0 Å². The van der Waals surface area contributed by atoms with Crippen molar-refractivity contribution in [2.24, 2.45) is 0 Å². The third-order valence-electron chi connectivity index (χ3n) is 2.23. The van der Waals surface area contributed by atoms with Crippen LogP contribution >= 0.6 is 0 Å². The summed E-state index contributed by atoms with van der Waals surface area (Å²) in [5.74, 6) is -0.263. The molecule has 0 unspecified atom stereocenters. The van der Waals surface area contributed by atoms with Crippen LogP contribution in [0.4, 0.5) is 0 Å². The largest absolute Gasteiger partial charge is 0.457 e. The minimum atomic E-state index is -0.263. The van der Waals surface area contributed by atoms with Crippen LogP contribution in [0.25, 0.3) is 6.08 Å². The van der Waals surface area contributed by atoms with Gasteiger partial charge in [-0.3, -0.25) is 0 Å². The molecule has 74 valence electrons. The second-order valence-corrected chi connectivity index (χ2v) is 3.26. The predicted octanol–water partition coefficient (Wildman–Crippen LogP) is 2.28. The Kier molecular flexibility index (Phi) is 2.51. The fourth-order valence-corrected chi connectivity index (χ4v) is 1.48. The third-order valence-corrected chi connectivity index (χ3v) is 2.23. The fourth-order valence-electron chi connectivity index (χ4n) is 1.48. The first-order chi connectivity index (χ1) is 7.31. The molecule has 0 saturated carbocycles. The maximum Gasteiger partial charge on any atom is 0.338 e. The summed E-state index contributed by atoms with van der Waals surface area (Å²) in [4.78, 5) is 11.2. The summed E-state index contributed by atoms with van der Waals surface area (Å²) < 4.78 is 4.89. The fraction of sp³-hybridized carbons (Fsp3) is 0.167. The molecule has 3 nitrogen and oxygen atoms in total. The van der Waals surface area contributed by atoms with E-state index in [0.717, 1.165) is 11.1 Å². The summed E-state index contributed by atoms with van der Waals surface area (Å²) in [5.41, 5.74) is 2.48. The van der Waals surface area contributed by atoms with Gasteiger partial charge >= 0.3 is 5.97 Å². The Morgan fingerprint density at radius 2 is 2.40 bits per heavy atom. The summed E-state index contributed by atoms with van der Waals surface area (Å²) >= 11 is 0. The van der Waals surface area contributed by atoms with E-state index in [9.17, 15) is 4.79 Å². The second kappa shape index (κ2) is 3.97. The SMILES string of the molecule is N#CCC=Cc1ccc2c(c1)C(=O)OC2. The number of fused-ring (bicyclic) bond motifs is 1. The van der Waals surface area contributed by atoms with E-state index in [1.807, 2.05) is 24.3 Å². The van der Waals surface area contributed by atoms with Crippen molar-refractivity contribution >= 4 is 12.0 Å². The molecule has 0 spiro atoms. The second-order valence-electron chi connectivity index (χ2n) is 3.26. The standard InChI is InChI=1S/C12H9NO2/c13-6-2-1-3-9-4-5-10-8-15-12(14)11(10)7-9/h1,3-5,7H,2,8H2. The van der Waals surface area contributed by atoms with E-state index < -0.39 is 0 Å². The molecular weight excluding hydrogens is 190 g/mol. The van der Waals surface area contributed by atoms with Crippen LogP contribution < -0.4 is 0 Å². The number of carbonyl (C=O) groups excluding carboxylic acids is 1. The number of esters is 1. The molecule has 0 aromatic heterocycles. The van der Waals surface area contributed by atoms with Gasteiger partial charge in [-0.2, -0.15) is 5.26 Å². The quantitative estimate of drug-likeness (QED) is 0.686.